The van der Waals surface area contributed by atoms with Crippen LogP contribution in [0, 0.1) is 13.8 Å². The second-order valence-electron chi connectivity index (χ2n) is 5.61. The predicted molar refractivity (Wildman–Crippen MR) is 90.3 cm³/mol. The molecule has 1 aromatic carbocycles. The molecule has 134 valence electrons. The third-order valence-electron chi connectivity index (χ3n) is 3.51. The summed E-state index contributed by atoms with van der Waals surface area (Å²) in [6.07, 6.45) is 0.708. The number of sulfonamides is 1. The Balaban J connectivity index is 2.97. The molecule has 1 rings (SSSR count). The number of carbonyl (C=O) groups is 2. The zero-order chi connectivity index (χ0) is 18.5. The van der Waals surface area contributed by atoms with Gasteiger partial charge in [0, 0.05) is 5.69 Å². The predicted octanol–water partition coefficient (Wildman–Crippen LogP) is 0.686. The van der Waals surface area contributed by atoms with Gasteiger partial charge in [-0.1, -0.05) is 6.92 Å². The van der Waals surface area contributed by atoms with Crippen LogP contribution in [0.25, 0.3) is 0 Å². The summed E-state index contributed by atoms with van der Waals surface area (Å²) in [4.78, 5) is 24.4. The lowest BCUT2D eigenvalue weighted by Gasteiger charge is -2.19. The van der Waals surface area contributed by atoms with Gasteiger partial charge in [-0.25, -0.2) is 13.6 Å². The van der Waals surface area contributed by atoms with Gasteiger partial charge in [-0.15, -0.1) is 0 Å². The molecule has 0 bridgehead atoms. The molecule has 0 heterocycles. The largest absolute Gasteiger partial charge is 0.480 e. The molecule has 0 saturated heterocycles. The summed E-state index contributed by atoms with van der Waals surface area (Å²) in [6, 6.07) is 2.74. The van der Waals surface area contributed by atoms with Crippen molar-refractivity contribution in [3.05, 3.63) is 23.3 Å². The number of carboxylic acids is 1. The van der Waals surface area contributed by atoms with Crippen molar-refractivity contribution in [1.29, 1.82) is 0 Å². The molecule has 0 saturated carbocycles. The number of rotatable bonds is 8. The number of anilines is 1. The van der Waals surface area contributed by atoms with E-state index in [-0.39, 0.29) is 18.0 Å². The molecule has 1 aromatic rings. The smallest absolute Gasteiger partial charge is 0.317 e. The first-order valence-electron chi connectivity index (χ1n) is 7.42. The van der Waals surface area contributed by atoms with E-state index < -0.39 is 21.9 Å². The van der Waals surface area contributed by atoms with Crippen LogP contribution in [0.3, 0.4) is 0 Å². The van der Waals surface area contributed by atoms with Crippen molar-refractivity contribution in [2.45, 2.75) is 32.1 Å². The van der Waals surface area contributed by atoms with E-state index in [4.69, 9.17) is 10.2 Å². The molecule has 0 aromatic heterocycles. The summed E-state index contributed by atoms with van der Waals surface area (Å²) >= 11 is 0. The summed E-state index contributed by atoms with van der Waals surface area (Å²) in [7, 11) is -3.89. The number of nitrogens with two attached hydrogens (primary N) is 1. The number of benzene rings is 1. The summed E-state index contributed by atoms with van der Waals surface area (Å²) in [6.45, 7) is 5.48. The summed E-state index contributed by atoms with van der Waals surface area (Å²) in [5, 5.41) is 16.6. The van der Waals surface area contributed by atoms with Gasteiger partial charge in [0.05, 0.1) is 18.0 Å². The maximum Gasteiger partial charge on any atom is 0.317 e. The molecule has 1 amide bonds. The van der Waals surface area contributed by atoms with E-state index in [1.807, 2.05) is 6.92 Å². The average Bonchev–Trinajstić information content (AvgIpc) is 2.41. The van der Waals surface area contributed by atoms with Gasteiger partial charge in [-0.2, -0.15) is 0 Å². The van der Waals surface area contributed by atoms with Gasteiger partial charge >= 0.3 is 5.97 Å². The molecular formula is C15H23N3O5S. The van der Waals surface area contributed by atoms with E-state index in [0.717, 1.165) is 5.56 Å². The van der Waals surface area contributed by atoms with E-state index in [0.29, 0.717) is 24.2 Å². The molecule has 4 N–H and O–H groups in total. The highest BCUT2D eigenvalue weighted by molar-refractivity contribution is 7.89. The number of aryl methyl sites for hydroxylation is 1. The van der Waals surface area contributed by atoms with Crippen LogP contribution in [0.4, 0.5) is 5.69 Å². The van der Waals surface area contributed by atoms with E-state index in [1.54, 1.807) is 13.8 Å². The zero-order valence-corrected chi connectivity index (χ0v) is 14.8. The average molecular weight is 357 g/mol. The van der Waals surface area contributed by atoms with Crippen LogP contribution in [-0.4, -0.2) is 49.9 Å². The molecule has 0 aliphatic carbocycles. The van der Waals surface area contributed by atoms with Crippen LogP contribution in [0.1, 0.15) is 24.5 Å². The molecule has 0 atom stereocenters. The highest BCUT2D eigenvalue weighted by atomic mass is 32.2. The zero-order valence-electron chi connectivity index (χ0n) is 14.0. The fourth-order valence-corrected chi connectivity index (χ4v) is 2.86. The summed E-state index contributed by atoms with van der Waals surface area (Å²) in [5.74, 6) is -1.43. The van der Waals surface area contributed by atoms with Crippen molar-refractivity contribution in [1.82, 2.24) is 4.90 Å². The number of carbonyl (C=O) groups excluding carboxylic acids is 1. The Kier molecular flexibility index (Phi) is 6.88. The lowest BCUT2D eigenvalue weighted by Crippen LogP contribution is -2.37. The van der Waals surface area contributed by atoms with E-state index in [9.17, 15) is 18.0 Å². The van der Waals surface area contributed by atoms with Crippen molar-refractivity contribution in [3.63, 3.8) is 0 Å². The topological polar surface area (TPSA) is 130 Å². The van der Waals surface area contributed by atoms with Crippen molar-refractivity contribution in [2.75, 3.05) is 25.0 Å². The second-order valence-corrected chi connectivity index (χ2v) is 7.17. The standard InChI is InChI=1S/C15H23N3O5S/c1-4-5-18(9-15(20)21)8-14(19)17-13-7-12(24(16,22)23)6-10(2)11(13)3/h6-7H,4-5,8-9H2,1-3H3,(H,17,19)(H,20,21)(H2,16,22,23). The maximum absolute atomic E-state index is 12.2. The first kappa shape index (κ1) is 20.1. The van der Waals surface area contributed by atoms with Gasteiger partial charge in [-0.05, 0) is 50.1 Å². The number of amides is 1. The summed E-state index contributed by atoms with van der Waals surface area (Å²) in [5.41, 5.74) is 1.74. The Bertz CT molecular complexity index is 731. The molecule has 0 aliphatic heterocycles. The van der Waals surface area contributed by atoms with Gasteiger partial charge in [0.1, 0.15) is 0 Å². The molecule has 0 spiro atoms. The fourth-order valence-electron chi connectivity index (χ4n) is 2.23. The number of nitrogens with zero attached hydrogens (tertiary/aromatic N) is 1. The molecule has 8 nitrogen and oxygen atoms in total. The molecule has 24 heavy (non-hydrogen) atoms. The monoisotopic (exact) mass is 357 g/mol. The van der Waals surface area contributed by atoms with Gasteiger partial charge in [0.2, 0.25) is 15.9 Å². The van der Waals surface area contributed by atoms with Crippen LogP contribution >= 0.6 is 0 Å². The molecular weight excluding hydrogens is 334 g/mol. The Hall–Kier alpha value is -1.97. The molecule has 0 fully saturated rings. The molecule has 9 heteroatoms. The lowest BCUT2D eigenvalue weighted by atomic mass is 10.1. The van der Waals surface area contributed by atoms with Gasteiger partial charge < -0.3 is 10.4 Å². The fraction of sp³-hybridized carbons (Fsp3) is 0.467. The summed E-state index contributed by atoms with van der Waals surface area (Å²) < 4.78 is 23.0. The first-order valence-corrected chi connectivity index (χ1v) is 8.97. The van der Waals surface area contributed by atoms with Crippen molar-refractivity contribution < 1.29 is 23.1 Å². The number of primary sulfonamides is 1. The third-order valence-corrected chi connectivity index (χ3v) is 4.40. The van der Waals surface area contributed by atoms with Crippen LogP contribution in [0.15, 0.2) is 17.0 Å². The Labute approximate surface area is 141 Å². The molecule has 0 unspecified atom stereocenters. The Morgan fingerprint density at radius 1 is 1.25 bits per heavy atom. The minimum atomic E-state index is -3.89. The van der Waals surface area contributed by atoms with Crippen LogP contribution in [-0.2, 0) is 19.6 Å². The highest BCUT2D eigenvalue weighted by Gasteiger charge is 2.17. The minimum absolute atomic E-state index is 0.0862. The van der Waals surface area contributed by atoms with E-state index in [2.05, 4.69) is 5.32 Å². The van der Waals surface area contributed by atoms with Crippen LogP contribution in [0.5, 0.6) is 0 Å². The van der Waals surface area contributed by atoms with Crippen LogP contribution in [0.2, 0.25) is 0 Å². The van der Waals surface area contributed by atoms with Gasteiger partial charge in [-0.3, -0.25) is 14.5 Å². The normalized spacial score (nSPS) is 11.5. The number of hydrogen-bond acceptors (Lipinski definition) is 5. The quantitative estimate of drug-likeness (QED) is 0.627. The third kappa shape index (κ3) is 5.91. The van der Waals surface area contributed by atoms with Gasteiger partial charge in [0.25, 0.3) is 0 Å². The number of aliphatic carboxylic acids is 1. The molecule has 0 radical (unpaired) electrons. The maximum atomic E-state index is 12.2. The van der Waals surface area contributed by atoms with Crippen molar-refractivity contribution in [3.8, 4) is 0 Å². The van der Waals surface area contributed by atoms with Gasteiger partial charge in [0.15, 0.2) is 0 Å². The number of carboxylic acid groups (broad SMARTS) is 1. The van der Waals surface area contributed by atoms with Crippen molar-refractivity contribution >= 4 is 27.6 Å². The number of nitrogens with one attached hydrogen (secondary N) is 1. The van der Waals surface area contributed by atoms with E-state index >= 15 is 0 Å². The Morgan fingerprint density at radius 2 is 1.88 bits per heavy atom. The highest BCUT2D eigenvalue weighted by Crippen LogP contribution is 2.23. The van der Waals surface area contributed by atoms with E-state index in [1.165, 1.54) is 17.0 Å². The number of hydrogen-bond donors (Lipinski definition) is 3. The lowest BCUT2D eigenvalue weighted by molar-refractivity contribution is -0.138. The van der Waals surface area contributed by atoms with Crippen LogP contribution < -0.4 is 10.5 Å². The Morgan fingerprint density at radius 3 is 2.38 bits per heavy atom. The SMILES string of the molecule is CCCN(CC(=O)O)CC(=O)Nc1cc(S(N)(=O)=O)cc(C)c1C. The first-order chi connectivity index (χ1) is 11.0. The minimum Gasteiger partial charge on any atom is -0.480 e. The second kappa shape index (κ2) is 8.22. The van der Waals surface area contributed by atoms with Crippen molar-refractivity contribution in [2.24, 2.45) is 5.14 Å². The molecule has 0 aliphatic rings.